The Labute approximate surface area is 111 Å². The normalized spacial score (nSPS) is 14.9. The van der Waals surface area contributed by atoms with Gasteiger partial charge in [0, 0.05) is 11.1 Å². The Kier molecular flexibility index (Phi) is 3.64. The molecular weight excluding hydrogens is 275 g/mol. The first-order valence-corrected chi connectivity index (χ1v) is 5.52. The van der Waals surface area contributed by atoms with Crippen LogP contribution in [0.15, 0.2) is 41.0 Å². The summed E-state index contributed by atoms with van der Waals surface area (Å²) in [6.45, 7) is 0.216. The van der Waals surface area contributed by atoms with E-state index in [9.17, 15) is 18.0 Å². The van der Waals surface area contributed by atoms with Crippen molar-refractivity contribution in [1.82, 2.24) is 5.43 Å². The summed E-state index contributed by atoms with van der Waals surface area (Å²) in [6.07, 6.45) is -3.25. The van der Waals surface area contributed by atoms with Gasteiger partial charge in [-0.25, -0.2) is 0 Å². The summed E-state index contributed by atoms with van der Waals surface area (Å²) in [4.78, 5) is 11.1. The Morgan fingerprint density at radius 2 is 1.95 bits per heavy atom. The summed E-state index contributed by atoms with van der Waals surface area (Å²) in [5.41, 5.74) is 9.06. The van der Waals surface area contributed by atoms with Crippen molar-refractivity contribution in [3.05, 3.63) is 41.5 Å². The van der Waals surface area contributed by atoms with E-state index in [0.717, 1.165) is 12.1 Å². The van der Waals surface area contributed by atoms with E-state index in [1.807, 2.05) is 0 Å². The molecule has 0 saturated heterocycles. The van der Waals surface area contributed by atoms with Crippen LogP contribution in [0.25, 0.3) is 0 Å². The van der Waals surface area contributed by atoms with Crippen molar-refractivity contribution in [1.29, 1.82) is 0 Å². The number of ether oxygens (including phenoxy) is 1. The molecule has 0 unspecified atom stereocenters. The van der Waals surface area contributed by atoms with Gasteiger partial charge in [0.05, 0.1) is 12.3 Å². The number of benzene rings is 1. The third-order valence-corrected chi connectivity index (χ3v) is 2.48. The van der Waals surface area contributed by atoms with Gasteiger partial charge in [-0.15, -0.1) is 13.2 Å². The molecule has 1 aromatic rings. The van der Waals surface area contributed by atoms with E-state index in [2.05, 4.69) is 15.3 Å². The zero-order valence-corrected chi connectivity index (χ0v) is 10.1. The lowest BCUT2D eigenvalue weighted by Gasteiger charge is -2.13. The Bertz CT molecular complexity index is 577. The third-order valence-electron chi connectivity index (χ3n) is 2.48. The van der Waals surface area contributed by atoms with Crippen molar-refractivity contribution in [3.8, 4) is 5.75 Å². The fraction of sp³-hybridized carbons (Fsp3) is 0.167. The molecule has 1 aliphatic rings. The number of hydrazone groups is 1. The molecular formula is C12H10F3N3O2. The van der Waals surface area contributed by atoms with E-state index in [0.29, 0.717) is 16.8 Å². The number of nitrogens with one attached hydrogen (secondary N) is 1. The van der Waals surface area contributed by atoms with Gasteiger partial charge in [0.2, 0.25) is 5.91 Å². The molecule has 1 amide bonds. The summed E-state index contributed by atoms with van der Waals surface area (Å²) in [5, 5.41) is 3.96. The number of rotatable bonds is 3. The van der Waals surface area contributed by atoms with E-state index in [4.69, 9.17) is 5.73 Å². The molecule has 0 spiro atoms. The molecule has 0 bridgehead atoms. The van der Waals surface area contributed by atoms with Gasteiger partial charge in [-0.1, -0.05) is 0 Å². The second-order valence-electron chi connectivity index (χ2n) is 3.94. The van der Waals surface area contributed by atoms with E-state index in [1.54, 1.807) is 0 Å². The molecule has 5 nitrogen and oxygen atoms in total. The number of carbonyl (C=O) groups is 1. The van der Waals surface area contributed by atoms with Crippen LogP contribution in [0.3, 0.4) is 0 Å². The summed E-state index contributed by atoms with van der Waals surface area (Å²) >= 11 is 0. The minimum absolute atomic E-state index is 0.216. The second kappa shape index (κ2) is 5.24. The summed E-state index contributed by atoms with van der Waals surface area (Å²) in [6, 6.07) is 5.14. The molecule has 0 radical (unpaired) electrons. The van der Waals surface area contributed by atoms with Gasteiger partial charge in [0.15, 0.2) is 0 Å². The van der Waals surface area contributed by atoms with Crippen LogP contribution >= 0.6 is 0 Å². The number of nitrogens with zero attached hydrogens (tertiary/aromatic N) is 1. The lowest BCUT2D eigenvalue weighted by Crippen LogP contribution is -2.27. The minimum atomic E-state index is -4.73. The minimum Gasteiger partial charge on any atom is -0.406 e. The predicted molar refractivity (Wildman–Crippen MR) is 64.9 cm³/mol. The van der Waals surface area contributed by atoms with Gasteiger partial charge < -0.3 is 15.9 Å². The average Bonchev–Trinajstić information content (AvgIpc) is 2.38. The Hall–Kier alpha value is -2.51. The number of carbonyl (C=O) groups excluding carboxylic acids is 1. The van der Waals surface area contributed by atoms with Gasteiger partial charge in [-0.05, 0) is 30.3 Å². The fourth-order valence-electron chi connectivity index (χ4n) is 1.59. The molecule has 0 fully saturated rings. The molecule has 8 heteroatoms. The molecule has 0 atom stereocenters. The Balaban J connectivity index is 2.18. The average molecular weight is 285 g/mol. The van der Waals surface area contributed by atoms with E-state index < -0.39 is 12.3 Å². The first-order chi connectivity index (χ1) is 9.35. The highest BCUT2D eigenvalue weighted by molar-refractivity contribution is 6.13. The molecule has 20 heavy (non-hydrogen) atoms. The van der Waals surface area contributed by atoms with Gasteiger partial charge in [-0.2, -0.15) is 5.10 Å². The quantitative estimate of drug-likeness (QED) is 0.879. The molecule has 0 aromatic heterocycles. The third kappa shape index (κ3) is 3.50. The number of hydrogen-bond acceptors (Lipinski definition) is 4. The van der Waals surface area contributed by atoms with Crippen molar-refractivity contribution in [2.75, 3.05) is 6.54 Å². The largest absolute Gasteiger partial charge is 0.573 e. The zero-order valence-electron chi connectivity index (χ0n) is 10.1. The molecule has 1 heterocycles. The maximum atomic E-state index is 12.0. The number of nitrogens with two attached hydrogens (primary N) is 1. The smallest absolute Gasteiger partial charge is 0.406 e. The van der Waals surface area contributed by atoms with Crippen molar-refractivity contribution in [2.24, 2.45) is 10.8 Å². The Morgan fingerprint density at radius 1 is 1.30 bits per heavy atom. The number of hydrogen-bond donors (Lipinski definition) is 2. The van der Waals surface area contributed by atoms with Crippen LogP contribution < -0.4 is 15.9 Å². The molecule has 2 rings (SSSR count). The topological polar surface area (TPSA) is 76.7 Å². The van der Waals surface area contributed by atoms with Crippen LogP contribution in [0.4, 0.5) is 13.2 Å². The molecule has 0 saturated carbocycles. The van der Waals surface area contributed by atoms with Crippen molar-refractivity contribution >= 4 is 11.6 Å². The summed E-state index contributed by atoms with van der Waals surface area (Å²) in [5.74, 6) is -0.911. The molecule has 1 aromatic carbocycles. The van der Waals surface area contributed by atoms with Gasteiger partial charge in [0.1, 0.15) is 5.75 Å². The molecule has 3 N–H and O–H groups in total. The highest BCUT2D eigenvalue weighted by atomic mass is 19.4. The zero-order chi connectivity index (χ0) is 14.8. The van der Waals surface area contributed by atoms with Crippen molar-refractivity contribution in [3.63, 3.8) is 0 Å². The van der Waals surface area contributed by atoms with Gasteiger partial charge >= 0.3 is 6.36 Å². The van der Waals surface area contributed by atoms with Crippen LogP contribution in [0.2, 0.25) is 0 Å². The monoisotopic (exact) mass is 285 g/mol. The predicted octanol–water partition coefficient (Wildman–Crippen LogP) is 1.30. The van der Waals surface area contributed by atoms with Crippen LogP contribution in [-0.4, -0.2) is 24.5 Å². The highest BCUT2D eigenvalue weighted by Gasteiger charge is 2.31. The lowest BCUT2D eigenvalue weighted by atomic mass is 10.1. The highest BCUT2D eigenvalue weighted by Crippen LogP contribution is 2.23. The van der Waals surface area contributed by atoms with Gasteiger partial charge in [0.25, 0.3) is 0 Å². The van der Waals surface area contributed by atoms with Crippen LogP contribution in [0.1, 0.15) is 5.56 Å². The number of amides is 1. The fourth-order valence-corrected chi connectivity index (χ4v) is 1.59. The van der Waals surface area contributed by atoms with Crippen LogP contribution in [-0.2, 0) is 4.79 Å². The SMILES string of the molecule is NC(=O)C1=CC(c2ccc(OC(F)(F)F)cc2)=NNC1. The number of primary amides is 1. The second-order valence-corrected chi connectivity index (χ2v) is 3.94. The lowest BCUT2D eigenvalue weighted by molar-refractivity contribution is -0.274. The van der Waals surface area contributed by atoms with E-state index >= 15 is 0 Å². The molecule has 106 valence electrons. The summed E-state index contributed by atoms with van der Waals surface area (Å²) < 4.78 is 39.8. The van der Waals surface area contributed by atoms with Crippen LogP contribution in [0, 0.1) is 0 Å². The first-order valence-electron chi connectivity index (χ1n) is 5.52. The van der Waals surface area contributed by atoms with Crippen molar-refractivity contribution < 1.29 is 22.7 Å². The first kappa shape index (κ1) is 13.9. The Morgan fingerprint density at radius 3 is 2.50 bits per heavy atom. The number of alkyl halides is 3. The molecule has 0 aliphatic carbocycles. The number of allylic oxidation sites excluding steroid dienone is 1. The summed E-state index contributed by atoms with van der Waals surface area (Å²) in [7, 11) is 0. The van der Waals surface area contributed by atoms with Gasteiger partial charge in [-0.3, -0.25) is 4.79 Å². The molecule has 1 aliphatic heterocycles. The van der Waals surface area contributed by atoms with E-state index in [1.165, 1.54) is 18.2 Å². The standard InChI is InChI=1S/C12H10F3N3O2/c13-12(14,15)20-9-3-1-7(2-4-9)10-5-8(11(16)19)6-17-18-10/h1-5,17H,6H2,(H2,16,19). The number of halogens is 3. The van der Waals surface area contributed by atoms with Crippen molar-refractivity contribution in [2.45, 2.75) is 6.36 Å². The maximum Gasteiger partial charge on any atom is 0.573 e. The maximum absolute atomic E-state index is 12.0. The van der Waals surface area contributed by atoms with E-state index in [-0.39, 0.29) is 12.3 Å². The van der Waals surface area contributed by atoms with Crippen LogP contribution in [0.5, 0.6) is 5.75 Å².